The number of para-hydroxylation sites is 1. The van der Waals surface area contributed by atoms with Crippen molar-refractivity contribution in [2.45, 2.75) is 20.8 Å². The highest BCUT2D eigenvalue weighted by molar-refractivity contribution is 6.07. The molecule has 0 bridgehead atoms. The first kappa shape index (κ1) is 22.5. The smallest absolute Gasteiger partial charge is 0.270 e. The molecule has 2 N–H and O–H groups in total. The molecule has 0 aliphatic carbocycles. The fourth-order valence-electron chi connectivity index (χ4n) is 2.82. The topological polar surface area (TPSA) is 111 Å². The molecule has 8 nitrogen and oxygen atoms in total. The normalized spacial score (nSPS) is 10.5. The molecule has 0 saturated heterocycles. The summed E-state index contributed by atoms with van der Waals surface area (Å²) in [7, 11) is 0. The number of non-ortho nitro benzene ring substituents is 1. The van der Waals surface area contributed by atoms with Crippen LogP contribution in [0.25, 0.3) is 0 Å². The number of nitro groups is 1. The molecule has 2 amide bonds. The van der Waals surface area contributed by atoms with Crippen molar-refractivity contribution in [2.24, 2.45) is 5.92 Å². The second-order valence-electron chi connectivity index (χ2n) is 7.48. The predicted molar refractivity (Wildman–Crippen MR) is 122 cm³/mol. The van der Waals surface area contributed by atoms with Gasteiger partial charge in [0.2, 0.25) is 5.91 Å². The van der Waals surface area contributed by atoms with Gasteiger partial charge in [0.15, 0.2) is 0 Å². The van der Waals surface area contributed by atoms with Crippen LogP contribution in [0.4, 0.5) is 17.1 Å². The largest absolute Gasteiger partial charge is 0.457 e. The minimum absolute atomic E-state index is 0.0130. The number of hydrogen-bond acceptors (Lipinski definition) is 5. The van der Waals surface area contributed by atoms with Crippen LogP contribution < -0.4 is 15.4 Å². The van der Waals surface area contributed by atoms with E-state index in [9.17, 15) is 19.7 Å². The van der Waals surface area contributed by atoms with Crippen LogP contribution in [0.5, 0.6) is 11.5 Å². The molecule has 164 valence electrons. The number of carbonyl (C=O) groups excluding carboxylic acids is 2. The molecular formula is C24H23N3O5. The Morgan fingerprint density at radius 3 is 2.34 bits per heavy atom. The summed E-state index contributed by atoms with van der Waals surface area (Å²) in [6.45, 7) is 5.37. The van der Waals surface area contributed by atoms with Gasteiger partial charge < -0.3 is 15.4 Å². The number of aryl methyl sites for hydroxylation is 1. The Morgan fingerprint density at radius 1 is 0.969 bits per heavy atom. The van der Waals surface area contributed by atoms with Crippen molar-refractivity contribution < 1.29 is 19.2 Å². The van der Waals surface area contributed by atoms with Crippen molar-refractivity contribution in [3.8, 4) is 11.5 Å². The van der Waals surface area contributed by atoms with Crippen LogP contribution >= 0.6 is 0 Å². The van der Waals surface area contributed by atoms with Gasteiger partial charge in [0.1, 0.15) is 11.5 Å². The van der Waals surface area contributed by atoms with Crippen LogP contribution in [0.1, 0.15) is 29.8 Å². The molecular weight excluding hydrogens is 410 g/mol. The van der Waals surface area contributed by atoms with Crippen LogP contribution in [-0.2, 0) is 4.79 Å². The van der Waals surface area contributed by atoms with Crippen molar-refractivity contribution in [1.82, 2.24) is 0 Å². The first-order chi connectivity index (χ1) is 15.2. The summed E-state index contributed by atoms with van der Waals surface area (Å²) < 4.78 is 5.80. The fourth-order valence-corrected chi connectivity index (χ4v) is 2.82. The summed E-state index contributed by atoms with van der Waals surface area (Å²) in [6.07, 6.45) is 0. The van der Waals surface area contributed by atoms with Crippen molar-refractivity contribution in [3.63, 3.8) is 0 Å². The van der Waals surface area contributed by atoms with E-state index in [0.717, 1.165) is 5.56 Å². The van der Waals surface area contributed by atoms with Gasteiger partial charge in [-0.05, 0) is 42.8 Å². The van der Waals surface area contributed by atoms with Gasteiger partial charge in [0.25, 0.3) is 11.6 Å². The van der Waals surface area contributed by atoms with Gasteiger partial charge in [-0.2, -0.15) is 0 Å². The van der Waals surface area contributed by atoms with Crippen LogP contribution in [0.3, 0.4) is 0 Å². The molecule has 3 aromatic rings. The van der Waals surface area contributed by atoms with E-state index in [4.69, 9.17) is 4.74 Å². The third-order valence-corrected chi connectivity index (χ3v) is 4.67. The number of nitro benzene ring substituents is 1. The van der Waals surface area contributed by atoms with E-state index in [2.05, 4.69) is 10.6 Å². The molecule has 0 saturated carbocycles. The number of benzene rings is 3. The summed E-state index contributed by atoms with van der Waals surface area (Å²) in [5, 5.41) is 16.8. The number of nitrogens with one attached hydrogen (secondary N) is 2. The van der Waals surface area contributed by atoms with Crippen LogP contribution in [0.15, 0.2) is 66.7 Å². The Hall–Kier alpha value is -4.20. The number of carbonyl (C=O) groups is 2. The van der Waals surface area contributed by atoms with Crippen molar-refractivity contribution in [1.29, 1.82) is 0 Å². The molecule has 0 unspecified atom stereocenters. The summed E-state index contributed by atoms with van der Waals surface area (Å²) in [5.41, 5.74) is 1.54. The predicted octanol–water partition coefficient (Wildman–Crippen LogP) is 5.54. The third-order valence-electron chi connectivity index (χ3n) is 4.67. The van der Waals surface area contributed by atoms with Crippen molar-refractivity contribution in [2.75, 3.05) is 10.6 Å². The molecule has 0 spiro atoms. The molecule has 8 heteroatoms. The average molecular weight is 433 g/mol. The van der Waals surface area contributed by atoms with E-state index in [-0.39, 0.29) is 28.8 Å². The van der Waals surface area contributed by atoms with Gasteiger partial charge in [0, 0.05) is 29.4 Å². The van der Waals surface area contributed by atoms with E-state index < -0.39 is 10.8 Å². The lowest BCUT2D eigenvalue weighted by atomic mass is 10.1. The highest BCUT2D eigenvalue weighted by Crippen LogP contribution is 2.30. The van der Waals surface area contributed by atoms with Crippen LogP contribution in [0.2, 0.25) is 0 Å². The van der Waals surface area contributed by atoms with Crippen LogP contribution in [0, 0.1) is 23.0 Å². The highest BCUT2D eigenvalue weighted by atomic mass is 16.6. The number of anilines is 2. The highest BCUT2D eigenvalue weighted by Gasteiger charge is 2.20. The second-order valence-corrected chi connectivity index (χ2v) is 7.48. The monoisotopic (exact) mass is 433 g/mol. The van der Waals surface area contributed by atoms with E-state index in [1.54, 1.807) is 63.2 Å². The standard InChI is InChI=1S/C24H23N3O5/c1-15(2)23(28)25-17-10-9-16(3)21(13-17)26-24(29)20-14-18(27(30)31)11-12-22(20)32-19-7-5-4-6-8-19/h4-15H,1-3H3,(H,25,28)(H,26,29). The number of amides is 2. The second kappa shape index (κ2) is 9.74. The van der Waals surface area contributed by atoms with Crippen molar-refractivity contribution in [3.05, 3.63) is 88.0 Å². The zero-order chi connectivity index (χ0) is 23.3. The van der Waals surface area contributed by atoms with E-state index in [1.165, 1.54) is 18.2 Å². The lowest BCUT2D eigenvalue weighted by Gasteiger charge is -2.14. The molecule has 0 fully saturated rings. The molecule has 0 aromatic heterocycles. The Bertz CT molecular complexity index is 1160. The molecule has 3 aromatic carbocycles. The number of nitrogens with zero attached hydrogens (tertiary/aromatic N) is 1. The molecule has 32 heavy (non-hydrogen) atoms. The summed E-state index contributed by atoms with van der Waals surface area (Å²) >= 11 is 0. The quantitative estimate of drug-likeness (QED) is 0.375. The Labute approximate surface area is 185 Å². The van der Waals surface area contributed by atoms with Gasteiger partial charge in [-0.1, -0.05) is 38.1 Å². The Balaban J connectivity index is 1.92. The first-order valence-corrected chi connectivity index (χ1v) is 9.99. The maximum Gasteiger partial charge on any atom is 0.270 e. The number of hydrogen-bond donors (Lipinski definition) is 2. The maximum atomic E-state index is 13.1. The zero-order valence-corrected chi connectivity index (χ0v) is 17.9. The van der Waals surface area contributed by atoms with Crippen molar-refractivity contribution >= 4 is 28.9 Å². The molecule has 0 atom stereocenters. The average Bonchev–Trinajstić information content (AvgIpc) is 2.76. The van der Waals surface area contributed by atoms with Gasteiger partial charge in [-0.3, -0.25) is 19.7 Å². The third kappa shape index (κ3) is 5.48. The van der Waals surface area contributed by atoms with E-state index >= 15 is 0 Å². The summed E-state index contributed by atoms with van der Waals surface area (Å²) in [4.78, 5) is 35.8. The number of rotatable bonds is 7. The van der Waals surface area contributed by atoms with E-state index in [1.807, 2.05) is 6.07 Å². The molecule has 0 aliphatic rings. The Kier molecular flexibility index (Phi) is 6.84. The van der Waals surface area contributed by atoms with Gasteiger partial charge in [-0.15, -0.1) is 0 Å². The zero-order valence-electron chi connectivity index (χ0n) is 17.9. The lowest BCUT2D eigenvalue weighted by Crippen LogP contribution is -2.18. The van der Waals surface area contributed by atoms with Gasteiger partial charge in [0.05, 0.1) is 10.5 Å². The summed E-state index contributed by atoms with van der Waals surface area (Å²) in [5.74, 6) is -0.249. The minimum Gasteiger partial charge on any atom is -0.457 e. The Morgan fingerprint density at radius 2 is 1.69 bits per heavy atom. The fraction of sp³-hybridized carbons (Fsp3) is 0.167. The number of ether oxygens (including phenoxy) is 1. The van der Waals surface area contributed by atoms with Crippen LogP contribution in [-0.4, -0.2) is 16.7 Å². The van der Waals surface area contributed by atoms with Gasteiger partial charge >= 0.3 is 0 Å². The minimum atomic E-state index is -0.574. The first-order valence-electron chi connectivity index (χ1n) is 9.99. The van der Waals surface area contributed by atoms with Gasteiger partial charge in [-0.25, -0.2) is 0 Å². The van der Waals surface area contributed by atoms with E-state index in [0.29, 0.717) is 17.1 Å². The molecule has 0 heterocycles. The molecule has 3 rings (SSSR count). The SMILES string of the molecule is Cc1ccc(NC(=O)C(C)C)cc1NC(=O)c1cc([N+](=O)[O-])ccc1Oc1ccccc1. The maximum absolute atomic E-state index is 13.1. The molecule has 0 aliphatic heterocycles. The summed E-state index contributed by atoms with van der Waals surface area (Å²) in [6, 6.07) is 17.8. The lowest BCUT2D eigenvalue weighted by molar-refractivity contribution is -0.384. The molecule has 0 radical (unpaired) electrons.